The minimum Gasteiger partial charge on any atom is -0.360 e. The van der Waals surface area contributed by atoms with Crippen LogP contribution in [0.25, 0.3) is 0 Å². The second kappa shape index (κ2) is 7.60. The van der Waals surface area contributed by atoms with Crippen LogP contribution < -0.4 is 5.32 Å². The zero-order valence-electron chi connectivity index (χ0n) is 16.6. The molecule has 3 aromatic rings. The Kier molecular flexibility index (Phi) is 5.13. The predicted molar refractivity (Wildman–Crippen MR) is 108 cm³/mol. The molecule has 0 amide bonds. The third kappa shape index (κ3) is 3.90. The number of pyridine rings is 1. The fourth-order valence-electron chi connectivity index (χ4n) is 3.75. The van der Waals surface area contributed by atoms with Crippen LogP contribution in [0.5, 0.6) is 0 Å². The summed E-state index contributed by atoms with van der Waals surface area (Å²) in [4.78, 5) is 4.99. The SMILES string of the molecule is Cc1cc(Nc2cccc(C3CCN(S(=O)(=O)c4c(C)n[nH]c4C)CC3)n2)no1. The molecule has 0 atom stereocenters. The Morgan fingerprint density at radius 1 is 1.17 bits per heavy atom. The molecule has 0 spiro atoms. The molecule has 1 saturated heterocycles. The highest BCUT2D eigenvalue weighted by Gasteiger charge is 2.33. The number of anilines is 2. The standard InChI is InChI=1S/C19H24N6O3S/c1-12-11-18(24-28-12)21-17-6-4-5-16(20-17)15-7-9-25(10-8-15)29(26,27)19-13(2)22-23-14(19)3/h4-6,11,15H,7-10H2,1-3H3,(H,22,23)(H,20,21,24). The molecule has 29 heavy (non-hydrogen) atoms. The molecular weight excluding hydrogens is 392 g/mol. The Balaban J connectivity index is 1.45. The Morgan fingerprint density at radius 2 is 1.93 bits per heavy atom. The molecule has 0 radical (unpaired) electrons. The van der Waals surface area contributed by atoms with Gasteiger partial charge in [0.25, 0.3) is 0 Å². The van der Waals surface area contributed by atoms with E-state index in [0.29, 0.717) is 53.9 Å². The Hall–Kier alpha value is -2.72. The summed E-state index contributed by atoms with van der Waals surface area (Å²) in [7, 11) is -3.54. The zero-order valence-corrected chi connectivity index (χ0v) is 17.5. The molecule has 2 N–H and O–H groups in total. The summed E-state index contributed by atoms with van der Waals surface area (Å²) in [6.45, 7) is 6.19. The van der Waals surface area contributed by atoms with E-state index in [1.54, 1.807) is 24.2 Å². The van der Waals surface area contributed by atoms with Crippen molar-refractivity contribution in [2.75, 3.05) is 18.4 Å². The number of nitrogens with zero attached hydrogens (tertiary/aromatic N) is 4. The zero-order chi connectivity index (χ0) is 20.6. The van der Waals surface area contributed by atoms with E-state index < -0.39 is 10.0 Å². The van der Waals surface area contributed by atoms with Gasteiger partial charge in [-0.25, -0.2) is 13.4 Å². The Bertz CT molecular complexity index is 1090. The Labute approximate surface area is 169 Å². The molecule has 0 saturated carbocycles. The Morgan fingerprint density at radius 3 is 2.55 bits per heavy atom. The molecule has 1 aliphatic heterocycles. The van der Waals surface area contributed by atoms with E-state index in [-0.39, 0.29) is 5.92 Å². The van der Waals surface area contributed by atoms with E-state index in [1.807, 2.05) is 25.1 Å². The van der Waals surface area contributed by atoms with Crippen molar-refractivity contribution in [3.05, 3.63) is 47.1 Å². The van der Waals surface area contributed by atoms with Crippen molar-refractivity contribution in [2.24, 2.45) is 0 Å². The highest BCUT2D eigenvalue weighted by Crippen LogP contribution is 2.31. The largest absolute Gasteiger partial charge is 0.360 e. The maximum absolute atomic E-state index is 13.0. The van der Waals surface area contributed by atoms with Gasteiger partial charge in [0, 0.05) is 30.8 Å². The molecule has 1 fully saturated rings. The third-order valence-electron chi connectivity index (χ3n) is 5.19. The van der Waals surface area contributed by atoms with Gasteiger partial charge in [-0.05, 0) is 45.7 Å². The summed E-state index contributed by atoms with van der Waals surface area (Å²) in [5.41, 5.74) is 2.03. The summed E-state index contributed by atoms with van der Waals surface area (Å²) in [5.74, 6) is 2.23. The minimum atomic E-state index is -3.54. The molecule has 1 aliphatic rings. The molecule has 0 unspecified atom stereocenters. The molecule has 3 aromatic heterocycles. The molecule has 0 aromatic carbocycles. The van der Waals surface area contributed by atoms with Gasteiger partial charge in [-0.2, -0.15) is 9.40 Å². The van der Waals surface area contributed by atoms with Crippen LogP contribution in [0.2, 0.25) is 0 Å². The van der Waals surface area contributed by atoms with Crippen LogP contribution >= 0.6 is 0 Å². The van der Waals surface area contributed by atoms with Gasteiger partial charge in [0.2, 0.25) is 10.0 Å². The van der Waals surface area contributed by atoms with Crippen molar-refractivity contribution in [3.8, 4) is 0 Å². The lowest BCUT2D eigenvalue weighted by Gasteiger charge is -2.31. The van der Waals surface area contributed by atoms with Crippen LogP contribution in [0.4, 0.5) is 11.6 Å². The van der Waals surface area contributed by atoms with Crippen molar-refractivity contribution in [3.63, 3.8) is 0 Å². The number of sulfonamides is 1. The lowest BCUT2D eigenvalue weighted by atomic mass is 9.94. The van der Waals surface area contributed by atoms with Crippen LogP contribution in [0.1, 0.15) is 41.6 Å². The topological polar surface area (TPSA) is 117 Å². The summed E-state index contributed by atoms with van der Waals surface area (Å²) in [5, 5.41) is 13.8. The summed E-state index contributed by atoms with van der Waals surface area (Å²) >= 11 is 0. The number of hydrogen-bond donors (Lipinski definition) is 2. The molecule has 10 heteroatoms. The molecular formula is C19H24N6O3S. The number of H-pyrrole nitrogens is 1. The molecule has 9 nitrogen and oxygen atoms in total. The first-order chi connectivity index (χ1) is 13.8. The lowest BCUT2D eigenvalue weighted by Crippen LogP contribution is -2.38. The third-order valence-corrected chi connectivity index (χ3v) is 7.35. The van der Waals surface area contributed by atoms with Crippen LogP contribution in [0.3, 0.4) is 0 Å². The fourth-order valence-corrected chi connectivity index (χ4v) is 5.55. The second-order valence-corrected chi connectivity index (χ2v) is 9.21. The first-order valence-electron chi connectivity index (χ1n) is 9.53. The molecule has 4 heterocycles. The molecule has 0 aliphatic carbocycles. The summed E-state index contributed by atoms with van der Waals surface area (Å²) in [6, 6.07) is 7.60. The lowest BCUT2D eigenvalue weighted by molar-refractivity contribution is 0.316. The number of nitrogens with one attached hydrogen (secondary N) is 2. The number of aromatic nitrogens is 4. The number of hydrogen-bond acceptors (Lipinski definition) is 7. The summed E-state index contributed by atoms with van der Waals surface area (Å²) in [6.07, 6.45) is 1.43. The average molecular weight is 417 g/mol. The second-order valence-electron chi connectivity index (χ2n) is 7.34. The van der Waals surface area contributed by atoms with E-state index in [9.17, 15) is 8.42 Å². The van der Waals surface area contributed by atoms with Crippen molar-refractivity contribution in [1.82, 2.24) is 24.6 Å². The van der Waals surface area contributed by atoms with Crippen LogP contribution in [0, 0.1) is 20.8 Å². The predicted octanol–water partition coefficient (Wildman–Crippen LogP) is 3.03. The molecule has 154 valence electrons. The molecule has 0 bridgehead atoms. The van der Waals surface area contributed by atoms with Crippen LogP contribution in [-0.4, -0.2) is 46.2 Å². The normalized spacial score (nSPS) is 16.2. The number of aromatic amines is 1. The van der Waals surface area contributed by atoms with Crippen LogP contribution in [-0.2, 0) is 10.0 Å². The van der Waals surface area contributed by atoms with E-state index in [0.717, 1.165) is 11.5 Å². The number of aryl methyl sites for hydroxylation is 3. The highest BCUT2D eigenvalue weighted by atomic mass is 32.2. The quantitative estimate of drug-likeness (QED) is 0.656. The first kappa shape index (κ1) is 19.6. The monoisotopic (exact) mass is 416 g/mol. The average Bonchev–Trinajstić information content (AvgIpc) is 3.26. The van der Waals surface area contributed by atoms with Gasteiger partial charge in [-0.3, -0.25) is 5.10 Å². The summed E-state index contributed by atoms with van der Waals surface area (Å²) < 4.78 is 32.6. The molecule has 4 rings (SSSR count). The van der Waals surface area contributed by atoms with Crippen molar-refractivity contribution < 1.29 is 12.9 Å². The van der Waals surface area contributed by atoms with Gasteiger partial charge in [0.1, 0.15) is 16.5 Å². The highest BCUT2D eigenvalue weighted by molar-refractivity contribution is 7.89. The van der Waals surface area contributed by atoms with Crippen molar-refractivity contribution in [2.45, 2.75) is 44.4 Å². The van der Waals surface area contributed by atoms with Gasteiger partial charge < -0.3 is 9.84 Å². The van der Waals surface area contributed by atoms with Gasteiger partial charge in [0.05, 0.1) is 11.4 Å². The maximum atomic E-state index is 13.0. The van der Waals surface area contributed by atoms with Gasteiger partial charge in [0.15, 0.2) is 5.82 Å². The van der Waals surface area contributed by atoms with E-state index in [2.05, 4.69) is 20.7 Å². The van der Waals surface area contributed by atoms with Gasteiger partial charge in [-0.15, -0.1) is 0 Å². The first-order valence-corrected chi connectivity index (χ1v) is 11.0. The van der Waals surface area contributed by atoms with Gasteiger partial charge in [-0.1, -0.05) is 11.2 Å². The van der Waals surface area contributed by atoms with E-state index in [1.165, 1.54) is 0 Å². The van der Waals surface area contributed by atoms with E-state index in [4.69, 9.17) is 9.51 Å². The van der Waals surface area contributed by atoms with Crippen molar-refractivity contribution in [1.29, 1.82) is 0 Å². The van der Waals surface area contributed by atoms with Crippen LogP contribution in [0.15, 0.2) is 33.7 Å². The van der Waals surface area contributed by atoms with Gasteiger partial charge >= 0.3 is 0 Å². The number of rotatable bonds is 5. The van der Waals surface area contributed by atoms with Crippen molar-refractivity contribution >= 4 is 21.7 Å². The number of piperidine rings is 1. The fraction of sp³-hybridized carbons (Fsp3) is 0.421. The smallest absolute Gasteiger partial charge is 0.246 e. The maximum Gasteiger partial charge on any atom is 0.246 e. The minimum absolute atomic E-state index is 0.203. The van der Waals surface area contributed by atoms with E-state index >= 15 is 0 Å².